The molecule has 2 aromatic carbocycles. The first-order valence-electron chi connectivity index (χ1n) is 10.4. The molecule has 0 aliphatic carbocycles. The highest BCUT2D eigenvalue weighted by Gasteiger charge is 2.36. The van der Waals surface area contributed by atoms with Crippen molar-refractivity contribution in [1.29, 1.82) is 0 Å². The standard InChI is InChI=1S/C23H22Cl2N4O4/c1-12(20-27-17-8-6-14(24)11-18(17)28-20)26-21(30)13-5-7-15(16(25)10-13)22(31)29-9-3-4-19(29)23(32)33-2/h5-8,10-12,19H,3-4,9H2,1-2H3,(H,26,30)(H,27,28). The summed E-state index contributed by atoms with van der Waals surface area (Å²) in [5.74, 6) is -0.596. The molecule has 2 amide bonds. The first-order chi connectivity index (χ1) is 15.8. The monoisotopic (exact) mass is 488 g/mol. The quantitative estimate of drug-likeness (QED) is 0.525. The van der Waals surface area contributed by atoms with Crippen LogP contribution in [0.3, 0.4) is 0 Å². The minimum Gasteiger partial charge on any atom is -0.467 e. The van der Waals surface area contributed by atoms with E-state index in [9.17, 15) is 14.4 Å². The Labute approximate surface area is 200 Å². The van der Waals surface area contributed by atoms with E-state index in [1.165, 1.54) is 30.2 Å². The zero-order chi connectivity index (χ0) is 23.7. The highest BCUT2D eigenvalue weighted by Crippen LogP contribution is 2.26. The normalized spacial score (nSPS) is 16.6. The number of hydrogen-bond acceptors (Lipinski definition) is 5. The van der Waals surface area contributed by atoms with Crippen LogP contribution in [-0.2, 0) is 9.53 Å². The Kier molecular flexibility index (Phi) is 6.58. The third-order valence-corrected chi connectivity index (χ3v) is 6.22. The van der Waals surface area contributed by atoms with Gasteiger partial charge in [-0.25, -0.2) is 9.78 Å². The van der Waals surface area contributed by atoms with Crippen LogP contribution in [0.4, 0.5) is 0 Å². The van der Waals surface area contributed by atoms with Crippen molar-refractivity contribution in [3.63, 3.8) is 0 Å². The van der Waals surface area contributed by atoms with Crippen LogP contribution in [0.2, 0.25) is 10.0 Å². The molecule has 1 fully saturated rings. The predicted octanol–water partition coefficient (Wildman–Crippen LogP) is 4.14. The predicted molar refractivity (Wildman–Crippen MR) is 125 cm³/mol. The number of hydrogen-bond donors (Lipinski definition) is 2. The number of nitrogens with zero attached hydrogens (tertiary/aromatic N) is 2. The molecule has 1 saturated heterocycles. The van der Waals surface area contributed by atoms with E-state index in [-0.39, 0.29) is 22.4 Å². The Balaban J connectivity index is 1.48. The van der Waals surface area contributed by atoms with Crippen LogP contribution < -0.4 is 5.32 Å². The molecule has 10 heteroatoms. The van der Waals surface area contributed by atoms with Crippen LogP contribution in [0.1, 0.15) is 52.3 Å². The van der Waals surface area contributed by atoms with Gasteiger partial charge in [0.25, 0.3) is 11.8 Å². The number of nitrogens with one attached hydrogen (secondary N) is 2. The molecule has 0 spiro atoms. The van der Waals surface area contributed by atoms with Crippen molar-refractivity contribution in [1.82, 2.24) is 20.2 Å². The third-order valence-electron chi connectivity index (χ3n) is 5.67. The van der Waals surface area contributed by atoms with Gasteiger partial charge in [0.05, 0.1) is 34.8 Å². The van der Waals surface area contributed by atoms with E-state index in [1.807, 2.05) is 0 Å². The fourth-order valence-corrected chi connectivity index (χ4v) is 4.36. The molecule has 1 aliphatic heterocycles. The molecule has 3 aromatic rings. The minimum absolute atomic E-state index is 0.134. The van der Waals surface area contributed by atoms with Crippen molar-refractivity contribution >= 4 is 52.0 Å². The lowest BCUT2D eigenvalue weighted by molar-refractivity contribution is -0.145. The smallest absolute Gasteiger partial charge is 0.328 e. The largest absolute Gasteiger partial charge is 0.467 e. The van der Waals surface area contributed by atoms with Gasteiger partial charge < -0.3 is 19.9 Å². The van der Waals surface area contributed by atoms with E-state index >= 15 is 0 Å². The SMILES string of the molecule is COC(=O)C1CCCN1C(=O)c1ccc(C(=O)NC(C)c2nc3ccc(Cl)cc3[nH]2)cc1Cl. The average Bonchev–Trinajstić information content (AvgIpc) is 3.45. The molecule has 1 aliphatic rings. The number of amides is 2. The first kappa shape index (κ1) is 23.1. The van der Waals surface area contributed by atoms with E-state index in [2.05, 4.69) is 15.3 Å². The molecule has 2 unspecified atom stereocenters. The summed E-state index contributed by atoms with van der Waals surface area (Å²) in [6.07, 6.45) is 1.25. The fourth-order valence-electron chi connectivity index (χ4n) is 3.93. The second kappa shape index (κ2) is 9.41. The van der Waals surface area contributed by atoms with Crippen molar-refractivity contribution in [2.45, 2.75) is 31.8 Å². The van der Waals surface area contributed by atoms with Gasteiger partial charge in [-0.3, -0.25) is 9.59 Å². The van der Waals surface area contributed by atoms with Crippen molar-refractivity contribution in [3.05, 3.63) is 63.4 Å². The Hall–Kier alpha value is -3.10. The molecule has 0 radical (unpaired) electrons. The fraction of sp³-hybridized carbons (Fsp3) is 0.304. The van der Waals surface area contributed by atoms with Crippen LogP contribution in [0.15, 0.2) is 36.4 Å². The van der Waals surface area contributed by atoms with Gasteiger partial charge in [0, 0.05) is 17.1 Å². The highest BCUT2D eigenvalue weighted by atomic mass is 35.5. The summed E-state index contributed by atoms with van der Waals surface area (Å²) in [6.45, 7) is 2.24. The summed E-state index contributed by atoms with van der Waals surface area (Å²) in [4.78, 5) is 46.8. The molecule has 2 N–H and O–H groups in total. The summed E-state index contributed by atoms with van der Waals surface area (Å²) < 4.78 is 4.80. The van der Waals surface area contributed by atoms with E-state index in [4.69, 9.17) is 27.9 Å². The number of fused-ring (bicyclic) bond motifs is 1. The minimum atomic E-state index is -0.624. The number of carbonyl (C=O) groups excluding carboxylic acids is 3. The van der Waals surface area contributed by atoms with Crippen LogP contribution in [-0.4, -0.2) is 52.3 Å². The number of esters is 1. The molecule has 2 heterocycles. The number of likely N-dealkylation sites (tertiary alicyclic amines) is 1. The van der Waals surface area contributed by atoms with Gasteiger partial charge >= 0.3 is 5.97 Å². The molecule has 172 valence electrons. The van der Waals surface area contributed by atoms with Gasteiger partial charge in [-0.15, -0.1) is 0 Å². The molecule has 1 aromatic heterocycles. The molecule has 33 heavy (non-hydrogen) atoms. The van der Waals surface area contributed by atoms with Crippen molar-refractivity contribution in [3.8, 4) is 0 Å². The molecular weight excluding hydrogens is 467 g/mol. The van der Waals surface area contributed by atoms with Gasteiger partial charge in [0.15, 0.2) is 0 Å². The lowest BCUT2D eigenvalue weighted by Crippen LogP contribution is -2.41. The van der Waals surface area contributed by atoms with Gasteiger partial charge in [0.1, 0.15) is 11.9 Å². The lowest BCUT2D eigenvalue weighted by Gasteiger charge is -2.23. The van der Waals surface area contributed by atoms with Crippen LogP contribution in [0.5, 0.6) is 0 Å². The number of aromatic nitrogens is 2. The zero-order valence-corrected chi connectivity index (χ0v) is 19.5. The summed E-state index contributed by atoms with van der Waals surface area (Å²) in [5, 5.41) is 3.59. The Morgan fingerprint density at radius 2 is 2.00 bits per heavy atom. The highest BCUT2D eigenvalue weighted by molar-refractivity contribution is 6.34. The van der Waals surface area contributed by atoms with Gasteiger partial charge in [-0.1, -0.05) is 23.2 Å². The third kappa shape index (κ3) is 4.67. The molecule has 2 atom stereocenters. The van der Waals surface area contributed by atoms with Gasteiger partial charge in [-0.2, -0.15) is 0 Å². The van der Waals surface area contributed by atoms with Crippen LogP contribution in [0, 0.1) is 0 Å². The number of rotatable bonds is 5. The van der Waals surface area contributed by atoms with Crippen molar-refractivity contribution < 1.29 is 19.1 Å². The Bertz CT molecular complexity index is 1240. The first-order valence-corrected chi connectivity index (χ1v) is 11.2. The van der Waals surface area contributed by atoms with E-state index in [0.717, 1.165) is 11.0 Å². The molecular formula is C23H22Cl2N4O4. The number of halogens is 2. The van der Waals surface area contributed by atoms with Crippen LogP contribution in [0.25, 0.3) is 11.0 Å². The zero-order valence-electron chi connectivity index (χ0n) is 18.0. The van der Waals surface area contributed by atoms with Crippen molar-refractivity contribution in [2.75, 3.05) is 13.7 Å². The van der Waals surface area contributed by atoms with Gasteiger partial charge in [-0.05, 0) is 56.2 Å². The molecule has 0 saturated carbocycles. The number of benzene rings is 2. The Morgan fingerprint density at radius 1 is 1.21 bits per heavy atom. The summed E-state index contributed by atoms with van der Waals surface area (Å²) >= 11 is 12.4. The number of methoxy groups -OCH3 is 1. The summed E-state index contributed by atoms with van der Waals surface area (Å²) in [6, 6.07) is 8.75. The Morgan fingerprint density at radius 3 is 2.73 bits per heavy atom. The maximum atomic E-state index is 13.0. The van der Waals surface area contributed by atoms with E-state index < -0.39 is 18.1 Å². The number of carbonyl (C=O) groups is 3. The molecule has 4 rings (SSSR count). The average molecular weight is 489 g/mol. The summed E-state index contributed by atoms with van der Waals surface area (Å²) in [5.41, 5.74) is 2.05. The second-order valence-electron chi connectivity index (χ2n) is 7.85. The van der Waals surface area contributed by atoms with E-state index in [1.54, 1.807) is 25.1 Å². The lowest BCUT2D eigenvalue weighted by atomic mass is 10.1. The number of ether oxygens (including phenoxy) is 1. The summed E-state index contributed by atoms with van der Waals surface area (Å²) in [7, 11) is 1.30. The second-order valence-corrected chi connectivity index (χ2v) is 8.70. The molecule has 8 nitrogen and oxygen atoms in total. The van der Waals surface area contributed by atoms with Crippen LogP contribution >= 0.6 is 23.2 Å². The molecule has 0 bridgehead atoms. The maximum absolute atomic E-state index is 13.0. The number of aromatic amines is 1. The number of imidazole rings is 1. The van der Waals surface area contributed by atoms with Gasteiger partial charge in [0.2, 0.25) is 0 Å². The maximum Gasteiger partial charge on any atom is 0.328 e. The number of H-pyrrole nitrogens is 1. The van der Waals surface area contributed by atoms with E-state index in [0.29, 0.717) is 35.8 Å². The van der Waals surface area contributed by atoms with Crippen molar-refractivity contribution in [2.24, 2.45) is 0 Å². The topological polar surface area (TPSA) is 104 Å².